The Labute approximate surface area is 138 Å². The molecule has 0 bridgehead atoms. The van der Waals surface area contributed by atoms with Crippen LogP contribution in [0.5, 0.6) is 0 Å². The summed E-state index contributed by atoms with van der Waals surface area (Å²) in [5.74, 6) is 0.103. The van der Waals surface area contributed by atoms with Crippen LogP contribution in [-0.4, -0.2) is 31.7 Å². The van der Waals surface area contributed by atoms with Crippen LogP contribution in [0.25, 0.3) is 0 Å². The quantitative estimate of drug-likeness (QED) is 0.894. The summed E-state index contributed by atoms with van der Waals surface area (Å²) in [6, 6.07) is 8.71. The third kappa shape index (κ3) is 4.45. The molecule has 0 aliphatic carbocycles. The van der Waals surface area contributed by atoms with Crippen molar-refractivity contribution in [3.8, 4) is 0 Å². The summed E-state index contributed by atoms with van der Waals surface area (Å²) in [6.07, 6.45) is 4.99. The highest BCUT2D eigenvalue weighted by molar-refractivity contribution is 5.85. The van der Waals surface area contributed by atoms with Gasteiger partial charge in [0.25, 0.3) is 0 Å². The molecule has 1 aromatic rings. The standard InChI is InChI=1S/C17H24N2O2.ClH/c20-17(11-14-6-3-4-10-21-14)19-12-16-15-7-2-1-5-13(15)8-9-18-16;/h1-2,5,7,14,16,18H,3-4,6,8-12H2,(H,19,20);1H. The summed E-state index contributed by atoms with van der Waals surface area (Å²) < 4.78 is 5.62. The van der Waals surface area contributed by atoms with Crippen LogP contribution in [0.2, 0.25) is 0 Å². The highest BCUT2D eigenvalue weighted by Gasteiger charge is 2.21. The van der Waals surface area contributed by atoms with Crippen molar-refractivity contribution in [2.24, 2.45) is 0 Å². The topological polar surface area (TPSA) is 50.4 Å². The molecule has 2 aliphatic heterocycles. The first kappa shape index (κ1) is 17.3. The van der Waals surface area contributed by atoms with E-state index in [0.717, 1.165) is 32.4 Å². The predicted octanol–water partition coefficient (Wildman–Crippen LogP) is 2.37. The lowest BCUT2D eigenvalue weighted by atomic mass is 9.94. The van der Waals surface area contributed by atoms with Crippen molar-refractivity contribution >= 4 is 18.3 Å². The normalized spacial score (nSPS) is 24.0. The lowest BCUT2D eigenvalue weighted by molar-refractivity contribution is -0.124. The average Bonchev–Trinajstić information content (AvgIpc) is 2.54. The van der Waals surface area contributed by atoms with E-state index in [-0.39, 0.29) is 30.5 Å². The number of rotatable bonds is 4. The van der Waals surface area contributed by atoms with Crippen molar-refractivity contribution in [3.05, 3.63) is 35.4 Å². The Kier molecular flexibility index (Phi) is 6.68. The van der Waals surface area contributed by atoms with E-state index in [1.54, 1.807) is 0 Å². The van der Waals surface area contributed by atoms with Gasteiger partial charge >= 0.3 is 0 Å². The van der Waals surface area contributed by atoms with E-state index in [9.17, 15) is 4.79 Å². The Morgan fingerprint density at radius 2 is 2.18 bits per heavy atom. The van der Waals surface area contributed by atoms with Gasteiger partial charge < -0.3 is 15.4 Å². The van der Waals surface area contributed by atoms with Crippen molar-refractivity contribution in [2.45, 2.75) is 44.2 Å². The molecule has 0 spiro atoms. The number of halogens is 1. The molecule has 22 heavy (non-hydrogen) atoms. The first-order valence-corrected chi connectivity index (χ1v) is 8.02. The van der Waals surface area contributed by atoms with Crippen LogP contribution in [0.15, 0.2) is 24.3 Å². The Balaban J connectivity index is 0.00000176. The Bertz CT molecular complexity index is 489. The summed E-state index contributed by atoms with van der Waals surface area (Å²) in [6.45, 7) is 2.43. The largest absolute Gasteiger partial charge is 0.378 e. The van der Waals surface area contributed by atoms with Gasteiger partial charge in [-0.2, -0.15) is 0 Å². The minimum Gasteiger partial charge on any atom is -0.378 e. The van der Waals surface area contributed by atoms with E-state index in [1.165, 1.54) is 17.5 Å². The molecule has 1 fully saturated rings. The molecule has 2 atom stereocenters. The van der Waals surface area contributed by atoms with Crippen molar-refractivity contribution in [1.29, 1.82) is 0 Å². The van der Waals surface area contributed by atoms with E-state index in [2.05, 4.69) is 34.9 Å². The van der Waals surface area contributed by atoms with Gasteiger partial charge in [0.1, 0.15) is 0 Å². The number of hydrogen-bond acceptors (Lipinski definition) is 3. The number of ether oxygens (including phenoxy) is 1. The maximum absolute atomic E-state index is 12.0. The number of hydrogen-bond donors (Lipinski definition) is 2. The number of nitrogens with one attached hydrogen (secondary N) is 2. The SMILES string of the molecule is Cl.O=C(CC1CCCCO1)NCC1NCCc2ccccc21. The summed E-state index contributed by atoms with van der Waals surface area (Å²) in [7, 11) is 0. The number of fused-ring (bicyclic) bond motifs is 1. The van der Waals surface area contributed by atoms with Crippen molar-refractivity contribution in [1.82, 2.24) is 10.6 Å². The highest BCUT2D eigenvalue weighted by Crippen LogP contribution is 2.22. The fourth-order valence-corrected chi connectivity index (χ4v) is 3.24. The molecule has 1 aromatic carbocycles. The molecule has 4 nitrogen and oxygen atoms in total. The number of amides is 1. The second-order valence-corrected chi connectivity index (χ2v) is 5.95. The number of benzene rings is 1. The fraction of sp³-hybridized carbons (Fsp3) is 0.588. The monoisotopic (exact) mass is 324 g/mol. The van der Waals surface area contributed by atoms with Crippen molar-refractivity contribution in [3.63, 3.8) is 0 Å². The zero-order valence-corrected chi connectivity index (χ0v) is 13.7. The molecule has 0 aromatic heterocycles. The molecular formula is C17H25ClN2O2. The third-order valence-corrected chi connectivity index (χ3v) is 4.41. The maximum atomic E-state index is 12.0. The van der Waals surface area contributed by atoms with Gasteiger partial charge in [0.2, 0.25) is 5.91 Å². The highest BCUT2D eigenvalue weighted by atomic mass is 35.5. The molecule has 122 valence electrons. The minimum atomic E-state index is 0. The summed E-state index contributed by atoms with van der Waals surface area (Å²) in [4.78, 5) is 12.0. The smallest absolute Gasteiger partial charge is 0.222 e. The Morgan fingerprint density at radius 1 is 1.32 bits per heavy atom. The maximum Gasteiger partial charge on any atom is 0.222 e. The fourth-order valence-electron chi connectivity index (χ4n) is 3.24. The molecule has 0 saturated carbocycles. The van der Waals surface area contributed by atoms with E-state index in [4.69, 9.17) is 4.74 Å². The zero-order valence-electron chi connectivity index (χ0n) is 12.8. The van der Waals surface area contributed by atoms with Crippen LogP contribution in [-0.2, 0) is 16.0 Å². The van der Waals surface area contributed by atoms with Crippen LogP contribution in [0, 0.1) is 0 Å². The van der Waals surface area contributed by atoms with Gasteiger partial charge in [-0.25, -0.2) is 0 Å². The lowest BCUT2D eigenvalue weighted by Crippen LogP contribution is -2.40. The van der Waals surface area contributed by atoms with Crippen LogP contribution < -0.4 is 10.6 Å². The first-order chi connectivity index (χ1) is 10.3. The van der Waals surface area contributed by atoms with Crippen molar-refractivity contribution in [2.75, 3.05) is 19.7 Å². The van der Waals surface area contributed by atoms with Gasteiger partial charge in [0, 0.05) is 19.2 Å². The first-order valence-electron chi connectivity index (χ1n) is 8.02. The molecule has 2 heterocycles. The van der Waals surface area contributed by atoms with Crippen molar-refractivity contribution < 1.29 is 9.53 Å². The second kappa shape index (κ2) is 8.51. The summed E-state index contributed by atoms with van der Waals surface area (Å²) in [5, 5.41) is 6.55. The predicted molar refractivity (Wildman–Crippen MR) is 89.4 cm³/mol. The molecule has 3 rings (SSSR count). The lowest BCUT2D eigenvalue weighted by Gasteiger charge is -2.27. The molecular weight excluding hydrogens is 300 g/mol. The Morgan fingerprint density at radius 3 is 3.00 bits per heavy atom. The van der Waals surface area contributed by atoms with E-state index in [1.807, 2.05) is 0 Å². The molecule has 1 saturated heterocycles. The average molecular weight is 325 g/mol. The Hall–Kier alpha value is -1.10. The molecule has 2 N–H and O–H groups in total. The number of carbonyl (C=O) groups is 1. The van der Waals surface area contributed by atoms with Gasteiger partial charge in [-0.3, -0.25) is 4.79 Å². The van der Waals surface area contributed by atoms with Gasteiger partial charge in [0.15, 0.2) is 0 Å². The number of carbonyl (C=O) groups excluding carboxylic acids is 1. The molecule has 1 amide bonds. The van der Waals surface area contributed by atoms with Gasteiger partial charge in [-0.1, -0.05) is 24.3 Å². The van der Waals surface area contributed by atoms with Crippen LogP contribution >= 0.6 is 12.4 Å². The van der Waals surface area contributed by atoms with Gasteiger partial charge in [-0.15, -0.1) is 12.4 Å². The van der Waals surface area contributed by atoms with Crippen LogP contribution in [0.1, 0.15) is 42.9 Å². The van der Waals surface area contributed by atoms with E-state index < -0.39 is 0 Å². The van der Waals surface area contributed by atoms with E-state index in [0.29, 0.717) is 13.0 Å². The molecule has 2 aliphatic rings. The summed E-state index contributed by atoms with van der Waals surface area (Å²) >= 11 is 0. The van der Waals surface area contributed by atoms with Gasteiger partial charge in [-0.05, 0) is 43.4 Å². The van der Waals surface area contributed by atoms with E-state index >= 15 is 0 Å². The van der Waals surface area contributed by atoms with Crippen LogP contribution in [0.4, 0.5) is 0 Å². The minimum absolute atomic E-state index is 0. The third-order valence-electron chi connectivity index (χ3n) is 4.41. The second-order valence-electron chi connectivity index (χ2n) is 5.95. The van der Waals surface area contributed by atoms with Crippen LogP contribution in [0.3, 0.4) is 0 Å². The van der Waals surface area contributed by atoms with Gasteiger partial charge in [0.05, 0.1) is 12.5 Å². The molecule has 0 radical (unpaired) electrons. The summed E-state index contributed by atoms with van der Waals surface area (Å²) in [5.41, 5.74) is 2.71. The molecule has 2 unspecified atom stereocenters. The zero-order chi connectivity index (χ0) is 14.5. The molecule has 5 heteroatoms.